The number of hydrogen-bond donors (Lipinski definition) is 0. The van der Waals surface area contributed by atoms with Gasteiger partial charge in [0.05, 0.1) is 28.0 Å². The third kappa shape index (κ3) is 3.53. The Hall–Kier alpha value is -3.38. The number of carbonyl (C=O) groups is 1. The number of hydrogen-bond acceptors (Lipinski definition) is 4. The molecule has 0 aliphatic carbocycles. The fourth-order valence-corrected chi connectivity index (χ4v) is 4.89. The number of aryl methyl sites for hydroxylation is 2. The smallest absolute Gasteiger partial charge is 0.261 e. The van der Waals surface area contributed by atoms with Gasteiger partial charge < -0.3 is 0 Å². The summed E-state index contributed by atoms with van der Waals surface area (Å²) in [6.07, 6.45) is 1.79. The molecule has 1 amide bonds. The van der Waals surface area contributed by atoms with Gasteiger partial charge in [0.15, 0.2) is 5.16 Å². The molecule has 5 nitrogen and oxygen atoms in total. The lowest BCUT2D eigenvalue weighted by Crippen LogP contribution is -2.29. The Morgan fingerprint density at radius 3 is 2.16 bits per heavy atom. The zero-order valence-electron chi connectivity index (χ0n) is 17.1. The molecule has 154 valence electrons. The Kier molecular flexibility index (Phi) is 5.08. The highest BCUT2D eigenvalue weighted by atomic mass is 32.2. The molecule has 3 aromatic carbocycles. The van der Waals surface area contributed by atoms with Crippen LogP contribution in [0.15, 0.2) is 82.7 Å². The van der Waals surface area contributed by atoms with Crippen LogP contribution in [0.5, 0.6) is 0 Å². The van der Waals surface area contributed by atoms with Crippen molar-refractivity contribution in [1.82, 2.24) is 9.55 Å². The second-order valence-electron chi connectivity index (χ2n) is 7.55. The van der Waals surface area contributed by atoms with Gasteiger partial charge in [0.1, 0.15) is 0 Å². The summed E-state index contributed by atoms with van der Waals surface area (Å²) in [7, 11) is 1.70. The van der Waals surface area contributed by atoms with Gasteiger partial charge >= 0.3 is 0 Å². The Morgan fingerprint density at radius 1 is 0.903 bits per heavy atom. The van der Waals surface area contributed by atoms with E-state index in [0.717, 1.165) is 35.3 Å². The molecule has 0 unspecified atom stereocenters. The van der Waals surface area contributed by atoms with E-state index in [1.54, 1.807) is 13.1 Å². The Balaban J connectivity index is 1.50. The first kappa shape index (κ1) is 19.6. The molecule has 5 rings (SSSR count). The van der Waals surface area contributed by atoms with Crippen molar-refractivity contribution in [2.45, 2.75) is 18.0 Å². The van der Waals surface area contributed by atoms with Crippen LogP contribution in [0.1, 0.15) is 11.1 Å². The second kappa shape index (κ2) is 8.04. The van der Waals surface area contributed by atoms with Gasteiger partial charge in [-0.25, -0.2) is 4.98 Å². The molecule has 0 spiro atoms. The summed E-state index contributed by atoms with van der Waals surface area (Å²) in [6, 6.07) is 23.4. The summed E-state index contributed by atoms with van der Waals surface area (Å²) >= 11 is 1.29. The van der Waals surface area contributed by atoms with Crippen molar-refractivity contribution in [3.8, 4) is 0 Å². The minimum Gasteiger partial charge on any atom is -0.290 e. The molecule has 31 heavy (non-hydrogen) atoms. The van der Waals surface area contributed by atoms with Crippen molar-refractivity contribution < 1.29 is 4.79 Å². The van der Waals surface area contributed by atoms with Crippen molar-refractivity contribution in [3.05, 3.63) is 94.3 Å². The van der Waals surface area contributed by atoms with Crippen molar-refractivity contribution in [1.29, 1.82) is 0 Å². The molecule has 0 N–H and O–H groups in total. The van der Waals surface area contributed by atoms with E-state index in [0.29, 0.717) is 16.1 Å². The standard InChI is InChI=1S/C25H21N3O2S/c1-27-24(30)19-10-4-5-11-20(19)26-25(27)31-16-23(29)28-21-12-6-2-8-17(21)14-15-18-9-3-7-13-22(18)28/h2-13H,14-16H2,1H3. The van der Waals surface area contributed by atoms with Crippen LogP contribution in [-0.4, -0.2) is 21.2 Å². The van der Waals surface area contributed by atoms with Gasteiger partial charge in [-0.05, 0) is 48.2 Å². The molecule has 0 saturated heterocycles. The maximum atomic E-state index is 13.5. The number of benzene rings is 3. The molecule has 0 fully saturated rings. The van der Waals surface area contributed by atoms with E-state index in [1.807, 2.05) is 59.5 Å². The molecule has 1 aliphatic rings. The van der Waals surface area contributed by atoms with Gasteiger partial charge in [0.2, 0.25) is 5.91 Å². The zero-order chi connectivity index (χ0) is 21.4. The number of rotatable bonds is 3. The normalized spacial score (nSPS) is 12.9. The number of amides is 1. The van der Waals surface area contributed by atoms with Crippen LogP contribution in [0.3, 0.4) is 0 Å². The fourth-order valence-electron chi connectivity index (χ4n) is 4.07. The number of aromatic nitrogens is 2. The van der Waals surface area contributed by atoms with Crippen LogP contribution in [0.25, 0.3) is 10.9 Å². The van der Waals surface area contributed by atoms with Gasteiger partial charge in [-0.1, -0.05) is 60.3 Å². The van der Waals surface area contributed by atoms with Gasteiger partial charge in [0.25, 0.3) is 5.56 Å². The average molecular weight is 428 g/mol. The Bertz CT molecular complexity index is 1310. The predicted molar refractivity (Wildman–Crippen MR) is 125 cm³/mol. The molecule has 2 heterocycles. The quantitative estimate of drug-likeness (QED) is 0.357. The molecule has 6 heteroatoms. The number of anilines is 2. The monoisotopic (exact) mass is 427 g/mol. The number of thioether (sulfide) groups is 1. The first-order valence-corrected chi connectivity index (χ1v) is 11.2. The molecule has 0 atom stereocenters. The van der Waals surface area contributed by atoms with E-state index in [4.69, 9.17) is 0 Å². The largest absolute Gasteiger partial charge is 0.290 e. The van der Waals surface area contributed by atoms with E-state index in [2.05, 4.69) is 17.1 Å². The van der Waals surface area contributed by atoms with Crippen LogP contribution in [-0.2, 0) is 24.7 Å². The maximum Gasteiger partial charge on any atom is 0.261 e. The Labute approximate surface area is 184 Å². The molecule has 1 aromatic heterocycles. The minimum absolute atomic E-state index is 0.0331. The number of nitrogens with zero attached hydrogens (tertiary/aromatic N) is 3. The summed E-state index contributed by atoms with van der Waals surface area (Å²) in [5.41, 5.74) is 4.72. The maximum absolute atomic E-state index is 13.5. The zero-order valence-corrected chi connectivity index (χ0v) is 17.9. The van der Waals surface area contributed by atoms with Crippen molar-refractivity contribution in [2.24, 2.45) is 7.05 Å². The average Bonchev–Trinajstić information content (AvgIpc) is 2.97. The highest BCUT2D eigenvalue weighted by Gasteiger charge is 2.25. The summed E-state index contributed by atoms with van der Waals surface area (Å²) in [5.74, 6) is 0.149. The predicted octanol–water partition coefficient (Wildman–Crippen LogP) is 4.49. The number of carbonyl (C=O) groups excluding carboxylic acids is 1. The number of fused-ring (bicyclic) bond motifs is 3. The molecule has 1 aliphatic heterocycles. The van der Waals surface area contributed by atoms with E-state index < -0.39 is 0 Å². The highest BCUT2D eigenvalue weighted by Crippen LogP contribution is 2.36. The highest BCUT2D eigenvalue weighted by molar-refractivity contribution is 7.99. The van der Waals surface area contributed by atoms with Crippen LogP contribution in [0, 0.1) is 0 Å². The molecule has 0 bridgehead atoms. The molecule has 0 radical (unpaired) electrons. The second-order valence-corrected chi connectivity index (χ2v) is 8.49. The van der Waals surface area contributed by atoms with E-state index in [-0.39, 0.29) is 17.2 Å². The van der Waals surface area contributed by atoms with Crippen LogP contribution < -0.4 is 10.5 Å². The summed E-state index contributed by atoms with van der Waals surface area (Å²) in [5, 5.41) is 1.12. The molecular weight excluding hydrogens is 406 g/mol. The summed E-state index contributed by atoms with van der Waals surface area (Å²) in [6.45, 7) is 0. The van der Waals surface area contributed by atoms with Crippen molar-refractivity contribution in [2.75, 3.05) is 10.7 Å². The van der Waals surface area contributed by atoms with Crippen molar-refractivity contribution in [3.63, 3.8) is 0 Å². The van der Waals surface area contributed by atoms with Crippen LogP contribution in [0.2, 0.25) is 0 Å². The first-order chi connectivity index (χ1) is 15.1. The topological polar surface area (TPSA) is 55.2 Å². The summed E-state index contributed by atoms with van der Waals surface area (Å²) < 4.78 is 1.52. The molecular formula is C25H21N3O2S. The van der Waals surface area contributed by atoms with Gasteiger partial charge in [-0.2, -0.15) is 0 Å². The SMILES string of the molecule is Cn1c(SCC(=O)N2c3ccccc3CCc3ccccc32)nc2ccccc2c1=O. The van der Waals surface area contributed by atoms with E-state index in [1.165, 1.54) is 16.3 Å². The first-order valence-electron chi connectivity index (χ1n) is 10.2. The summed E-state index contributed by atoms with van der Waals surface area (Å²) in [4.78, 5) is 32.6. The van der Waals surface area contributed by atoms with Crippen molar-refractivity contribution >= 4 is 39.9 Å². The van der Waals surface area contributed by atoms with Crippen LogP contribution >= 0.6 is 11.8 Å². The fraction of sp³-hybridized carbons (Fsp3) is 0.160. The van der Waals surface area contributed by atoms with Crippen LogP contribution in [0.4, 0.5) is 11.4 Å². The molecule has 0 saturated carbocycles. The van der Waals surface area contributed by atoms with Gasteiger partial charge in [-0.15, -0.1) is 0 Å². The lowest BCUT2D eigenvalue weighted by molar-refractivity contribution is -0.115. The molecule has 4 aromatic rings. The van der Waals surface area contributed by atoms with E-state index >= 15 is 0 Å². The minimum atomic E-state index is -0.106. The van der Waals surface area contributed by atoms with E-state index in [9.17, 15) is 9.59 Å². The lowest BCUT2D eigenvalue weighted by atomic mass is 10.0. The number of para-hydroxylation sites is 3. The third-order valence-electron chi connectivity index (χ3n) is 5.64. The lowest BCUT2D eigenvalue weighted by Gasteiger charge is -2.25. The Morgan fingerprint density at radius 2 is 1.48 bits per heavy atom. The van der Waals surface area contributed by atoms with Gasteiger partial charge in [0, 0.05) is 7.05 Å². The third-order valence-corrected chi connectivity index (χ3v) is 6.66. The van der Waals surface area contributed by atoms with Gasteiger partial charge in [-0.3, -0.25) is 19.1 Å².